The van der Waals surface area contributed by atoms with Crippen molar-refractivity contribution >= 4 is 28.8 Å². The van der Waals surface area contributed by atoms with E-state index in [0.717, 1.165) is 27.2 Å². The maximum absolute atomic E-state index is 5.33. The van der Waals surface area contributed by atoms with E-state index in [1.807, 2.05) is 24.4 Å². The van der Waals surface area contributed by atoms with Crippen LogP contribution >= 0.6 is 23.1 Å². The van der Waals surface area contributed by atoms with Gasteiger partial charge >= 0.3 is 0 Å². The predicted molar refractivity (Wildman–Crippen MR) is 68.5 cm³/mol. The Bertz CT molecular complexity index is 469. The lowest BCUT2D eigenvalue weighted by Gasteiger charge is -2.02. The molecule has 0 aliphatic carbocycles. The van der Waals surface area contributed by atoms with Crippen LogP contribution in [0.5, 0.6) is 0 Å². The summed E-state index contributed by atoms with van der Waals surface area (Å²) in [6, 6.07) is 3.77. The van der Waals surface area contributed by atoms with Crippen molar-refractivity contribution in [2.75, 3.05) is 5.43 Å². The number of pyridine rings is 1. The van der Waals surface area contributed by atoms with Gasteiger partial charge in [0.25, 0.3) is 0 Å². The summed E-state index contributed by atoms with van der Waals surface area (Å²) in [6.07, 6.45) is 1.75. The van der Waals surface area contributed by atoms with E-state index in [4.69, 9.17) is 5.84 Å². The molecule has 2 aromatic rings. The number of nitrogens with one attached hydrogen (secondary N) is 1. The molecule has 6 heteroatoms. The standard InChI is InChI=1S/C10H12N4S2/c1-7-5-15-10(13-7)16-6-9-4-8(14-11)2-3-12-9/h2-5H,6,11H2,1H3,(H,12,14). The van der Waals surface area contributed by atoms with Gasteiger partial charge in [-0.25, -0.2) is 4.98 Å². The van der Waals surface area contributed by atoms with Gasteiger partial charge in [0, 0.05) is 23.0 Å². The number of hydrogen-bond acceptors (Lipinski definition) is 6. The molecule has 0 bridgehead atoms. The van der Waals surface area contributed by atoms with Crippen molar-refractivity contribution in [3.8, 4) is 0 Å². The zero-order valence-electron chi connectivity index (χ0n) is 8.80. The molecule has 0 aromatic carbocycles. The Kier molecular flexibility index (Phi) is 3.76. The Morgan fingerprint density at radius 3 is 3.12 bits per heavy atom. The highest BCUT2D eigenvalue weighted by Gasteiger charge is 2.02. The molecule has 0 aliphatic heterocycles. The lowest BCUT2D eigenvalue weighted by molar-refractivity contribution is 1.14. The van der Waals surface area contributed by atoms with Gasteiger partial charge in [0.1, 0.15) is 4.34 Å². The Labute approximate surface area is 102 Å². The molecule has 3 N–H and O–H groups in total. The van der Waals surface area contributed by atoms with E-state index in [9.17, 15) is 0 Å². The highest BCUT2D eigenvalue weighted by Crippen LogP contribution is 2.25. The summed E-state index contributed by atoms with van der Waals surface area (Å²) in [5, 5.41) is 2.05. The molecule has 0 fully saturated rings. The summed E-state index contributed by atoms with van der Waals surface area (Å²) in [6.45, 7) is 2.00. The fraction of sp³-hybridized carbons (Fsp3) is 0.200. The molecule has 0 unspecified atom stereocenters. The van der Waals surface area contributed by atoms with E-state index in [-0.39, 0.29) is 0 Å². The topological polar surface area (TPSA) is 63.8 Å². The van der Waals surface area contributed by atoms with Crippen molar-refractivity contribution in [3.63, 3.8) is 0 Å². The zero-order chi connectivity index (χ0) is 11.4. The number of nitrogens with zero attached hydrogens (tertiary/aromatic N) is 2. The minimum absolute atomic E-state index is 0.808. The normalized spacial score (nSPS) is 10.4. The molecule has 2 rings (SSSR count). The van der Waals surface area contributed by atoms with E-state index in [1.165, 1.54) is 0 Å². The number of thioether (sulfide) groups is 1. The number of anilines is 1. The number of rotatable bonds is 4. The molecule has 0 saturated heterocycles. The van der Waals surface area contributed by atoms with E-state index in [1.54, 1.807) is 29.3 Å². The highest BCUT2D eigenvalue weighted by molar-refractivity contribution is 8.00. The molecular formula is C10H12N4S2. The van der Waals surface area contributed by atoms with Crippen molar-refractivity contribution in [2.45, 2.75) is 17.0 Å². The first-order valence-electron chi connectivity index (χ1n) is 4.74. The second-order valence-electron chi connectivity index (χ2n) is 3.22. The van der Waals surface area contributed by atoms with Crippen LogP contribution in [0.4, 0.5) is 5.69 Å². The SMILES string of the molecule is Cc1csc(SCc2cc(NN)ccn2)n1. The number of hydrazine groups is 1. The van der Waals surface area contributed by atoms with Crippen molar-refractivity contribution < 1.29 is 0 Å². The quantitative estimate of drug-likeness (QED) is 0.497. The Hall–Kier alpha value is -1.11. The maximum Gasteiger partial charge on any atom is 0.150 e. The number of thiazole rings is 1. The molecule has 0 atom stereocenters. The first kappa shape index (κ1) is 11.4. The number of aryl methyl sites for hydroxylation is 1. The minimum Gasteiger partial charge on any atom is -0.324 e. The van der Waals surface area contributed by atoms with Crippen LogP contribution in [0.3, 0.4) is 0 Å². The number of nitrogens with two attached hydrogens (primary N) is 1. The van der Waals surface area contributed by atoms with Crippen LogP contribution in [0.1, 0.15) is 11.4 Å². The molecule has 0 amide bonds. The third kappa shape index (κ3) is 2.94. The highest BCUT2D eigenvalue weighted by atomic mass is 32.2. The van der Waals surface area contributed by atoms with Gasteiger partial charge in [-0.15, -0.1) is 11.3 Å². The van der Waals surface area contributed by atoms with Crippen LogP contribution in [0.2, 0.25) is 0 Å². The van der Waals surface area contributed by atoms with Crippen molar-refractivity contribution in [2.24, 2.45) is 5.84 Å². The minimum atomic E-state index is 0.808. The fourth-order valence-corrected chi connectivity index (χ4v) is 2.93. The monoisotopic (exact) mass is 252 g/mol. The third-order valence-corrected chi connectivity index (χ3v) is 4.10. The van der Waals surface area contributed by atoms with Gasteiger partial charge in [-0.3, -0.25) is 10.8 Å². The van der Waals surface area contributed by atoms with Crippen LogP contribution in [-0.4, -0.2) is 9.97 Å². The van der Waals surface area contributed by atoms with Crippen molar-refractivity contribution in [3.05, 3.63) is 35.1 Å². The zero-order valence-corrected chi connectivity index (χ0v) is 10.4. The molecule has 0 aliphatic rings. The van der Waals surface area contributed by atoms with Gasteiger partial charge in [0.15, 0.2) is 0 Å². The van der Waals surface area contributed by atoms with Gasteiger partial charge < -0.3 is 5.43 Å². The summed E-state index contributed by atoms with van der Waals surface area (Å²) in [4.78, 5) is 8.65. The van der Waals surface area contributed by atoms with Crippen LogP contribution in [0.15, 0.2) is 28.0 Å². The molecule has 16 heavy (non-hydrogen) atoms. The molecule has 2 heterocycles. The van der Waals surface area contributed by atoms with Crippen LogP contribution in [-0.2, 0) is 5.75 Å². The largest absolute Gasteiger partial charge is 0.324 e. The summed E-state index contributed by atoms with van der Waals surface area (Å²) < 4.78 is 1.07. The molecule has 0 spiro atoms. The van der Waals surface area contributed by atoms with Crippen molar-refractivity contribution in [1.29, 1.82) is 0 Å². The first-order valence-corrected chi connectivity index (χ1v) is 6.61. The summed E-state index contributed by atoms with van der Waals surface area (Å²) in [5.74, 6) is 6.14. The third-order valence-electron chi connectivity index (χ3n) is 1.92. The Morgan fingerprint density at radius 2 is 2.44 bits per heavy atom. The second kappa shape index (κ2) is 5.29. The average molecular weight is 252 g/mol. The van der Waals surface area contributed by atoms with E-state index < -0.39 is 0 Å². The Balaban J connectivity index is 1.99. The number of hydrogen-bond donors (Lipinski definition) is 2. The number of aromatic nitrogens is 2. The van der Waals surface area contributed by atoms with E-state index in [2.05, 4.69) is 15.4 Å². The van der Waals surface area contributed by atoms with Crippen LogP contribution in [0, 0.1) is 6.92 Å². The lowest BCUT2D eigenvalue weighted by Crippen LogP contribution is -2.07. The maximum atomic E-state index is 5.33. The van der Waals surface area contributed by atoms with Gasteiger partial charge in [-0.1, -0.05) is 11.8 Å². The lowest BCUT2D eigenvalue weighted by atomic mass is 10.3. The molecular weight excluding hydrogens is 240 g/mol. The van der Waals surface area contributed by atoms with Crippen LogP contribution < -0.4 is 11.3 Å². The van der Waals surface area contributed by atoms with Crippen LogP contribution in [0.25, 0.3) is 0 Å². The molecule has 0 saturated carbocycles. The summed E-state index contributed by atoms with van der Waals surface area (Å²) >= 11 is 3.35. The summed E-state index contributed by atoms with van der Waals surface area (Å²) in [7, 11) is 0. The average Bonchev–Trinajstić information content (AvgIpc) is 2.73. The van der Waals surface area contributed by atoms with E-state index in [0.29, 0.717) is 0 Å². The molecule has 84 valence electrons. The second-order valence-corrected chi connectivity index (χ2v) is 5.30. The summed E-state index contributed by atoms with van der Waals surface area (Å²) in [5.41, 5.74) is 5.54. The fourth-order valence-electron chi connectivity index (χ4n) is 1.18. The van der Waals surface area contributed by atoms with E-state index >= 15 is 0 Å². The van der Waals surface area contributed by atoms with Gasteiger partial charge in [-0.2, -0.15) is 0 Å². The van der Waals surface area contributed by atoms with Gasteiger partial charge in [-0.05, 0) is 19.1 Å². The van der Waals surface area contributed by atoms with Gasteiger partial charge in [0.2, 0.25) is 0 Å². The molecule has 4 nitrogen and oxygen atoms in total. The molecule has 0 radical (unpaired) electrons. The molecule has 2 aromatic heterocycles. The Morgan fingerprint density at radius 1 is 1.56 bits per heavy atom. The predicted octanol–water partition coefficient (Wildman–Crippen LogP) is 2.42. The first-order chi connectivity index (χ1) is 7.78. The van der Waals surface area contributed by atoms with Gasteiger partial charge in [0.05, 0.1) is 11.4 Å². The smallest absolute Gasteiger partial charge is 0.150 e. The van der Waals surface area contributed by atoms with Crippen molar-refractivity contribution in [1.82, 2.24) is 9.97 Å². The number of nitrogen functional groups attached to an aromatic ring is 1.